The summed E-state index contributed by atoms with van der Waals surface area (Å²) in [5, 5.41) is 2.95. The van der Waals surface area contributed by atoms with Gasteiger partial charge in [0.05, 0.1) is 6.10 Å². The van der Waals surface area contributed by atoms with E-state index < -0.39 is 0 Å². The summed E-state index contributed by atoms with van der Waals surface area (Å²) >= 11 is 0. The van der Waals surface area contributed by atoms with Crippen LogP contribution in [0.15, 0.2) is 24.3 Å². The zero-order valence-corrected chi connectivity index (χ0v) is 12.9. The zero-order chi connectivity index (χ0) is 15.2. The molecule has 0 spiro atoms. The third-order valence-electron chi connectivity index (χ3n) is 3.02. The summed E-state index contributed by atoms with van der Waals surface area (Å²) in [7, 11) is 0. The Kier molecular flexibility index (Phi) is 6.02. The maximum atomic E-state index is 12.1. The first-order chi connectivity index (χ1) is 9.34. The molecule has 20 heavy (non-hydrogen) atoms. The second-order valence-corrected chi connectivity index (χ2v) is 6.08. The fourth-order valence-corrected chi connectivity index (χ4v) is 1.88. The molecular weight excluding hydrogens is 252 g/mol. The molecule has 0 aliphatic heterocycles. The quantitative estimate of drug-likeness (QED) is 0.805. The fourth-order valence-electron chi connectivity index (χ4n) is 1.88. The van der Waals surface area contributed by atoms with Crippen molar-refractivity contribution in [1.29, 1.82) is 0 Å². The van der Waals surface area contributed by atoms with Gasteiger partial charge in [0.2, 0.25) is 0 Å². The third-order valence-corrected chi connectivity index (χ3v) is 3.02. The minimum Gasteiger partial charge on any atom is -0.491 e. The predicted octanol–water partition coefficient (Wildman–Crippen LogP) is 2.58. The number of carbonyl (C=O) groups excluding carboxylic acids is 1. The average molecular weight is 278 g/mol. The summed E-state index contributed by atoms with van der Waals surface area (Å²) in [6.45, 7) is 9.35. The molecule has 1 aromatic rings. The van der Waals surface area contributed by atoms with E-state index in [9.17, 15) is 4.79 Å². The van der Waals surface area contributed by atoms with Gasteiger partial charge in [-0.1, -0.05) is 19.9 Å². The van der Waals surface area contributed by atoms with Gasteiger partial charge in [-0.05, 0) is 50.4 Å². The smallest absolute Gasteiger partial charge is 0.251 e. The Balaban J connectivity index is 2.63. The van der Waals surface area contributed by atoms with Crippen LogP contribution in [0.4, 0.5) is 0 Å². The van der Waals surface area contributed by atoms with Crippen molar-refractivity contribution in [2.75, 3.05) is 13.1 Å². The standard InChI is InChI=1S/C16H26N2O2/c1-12(2)20-14-7-5-6-13(10-14)15(19)18-11-16(3,4)8-9-17/h5-7,10,12H,8-9,11,17H2,1-4H3,(H,18,19). The second-order valence-electron chi connectivity index (χ2n) is 6.08. The van der Waals surface area contributed by atoms with Crippen LogP contribution in [0.5, 0.6) is 5.75 Å². The molecule has 0 atom stereocenters. The monoisotopic (exact) mass is 278 g/mol. The van der Waals surface area contributed by atoms with Crippen molar-refractivity contribution in [1.82, 2.24) is 5.32 Å². The van der Waals surface area contributed by atoms with Crippen molar-refractivity contribution in [3.63, 3.8) is 0 Å². The molecule has 1 amide bonds. The Hall–Kier alpha value is -1.55. The number of hydrogen-bond donors (Lipinski definition) is 2. The molecule has 0 aromatic heterocycles. The Morgan fingerprint density at radius 3 is 2.70 bits per heavy atom. The predicted molar refractivity (Wildman–Crippen MR) is 82.0 cm³/mol. The van der Waals surface area contributed by atoms with Crippen molar-refractivity contribution < 1.29 is 9.53 Å². The lowest BCUT2D eigenvalue weighted by Gasteiger charge is -2.24. The molecule has 0 radical (unpaired) electrons. The van der Waals surface area contributed by atoms with E-state index in [4.69, 9.17) is 10.5 Å². The number of ether oxygens (including phenoxy) is 1. The molecule has 0 saturated carbocycles. The van der Waals surface area contributed by atoms with Crippen LogP contribution in [0.3, 0.4) is 0 Å². The van der Waals surface area contributed by atoms with Crippen molar-refractivity contribution in [3.8, 4) is 5.75 Å². The van der Waals surface area contributed by atoms with Gasteiger partial charge >= 0.3 is 0 Å². The molecule has 4 nitrogen and oxygen atoms in total. The van der Waals surface area contributed by atoms with Gasteiger partial charge in [0, 0.05) is 12.1 Å². The lowest BCUT2D eigenvalue weighted by atomic mass is 9.89. The van der Waals surface area contributed by atoms with Gasteiger partial charge < -0.3 is 15.8 Å². The van der Waals surface area contributed by atoms with E-state index in [-0.39, 0.29) is 17.4 Å². The van der Waals surface area contributed by atoms with Crippen LogP contribution in [-0.4, -0.2) is 25.1 Å². The SMILES string of the molecule is CC(C)Oc1cccc(C(=O)NCC(C)(C)CCN)c1. The Bertz CT molecular complexity index is 442. The minimum absolute atomic E-state index is 0.0104. The Labute approximate surface area is 121 Å². The molecule has 0 unspecified atom stereocenters. The number of rotatable bonds is 7. The summed E-state index contributed by atoms with van der Waals surface area (Å²) < 4.78 is 5.59. The Morgan fingerprint density at radius 1 is 1.40 bits per heavy atom. The molecule has 0 bridgehead atoms. The molecule has 0 saturated heterocycles. The molecular formula is C16H26N2O2. The maximum Gasteiger partial charge on any atom is 0.251 e. The molecule has 0 aliphatic rings. The van der Waals surface area contributed by atoms with Gasteiger partial charge in [-0.25, -0.2) is 0 Å². The number of nitrogens with one attached hydrogen (secondary N) is 1. The number of nitrogens with two attached hydrogens (primary N) is 1. The molecule has 0 aliphatic carbocycles. The molecule has 1 rings (SSSR count). The lowest BCUT2D eigenvalue weighted by Crippen LogP contribution is -2.35. The number of carbonyl (C=O) groups is 1. The summed E-state index contributed by atoms with van der Waals surface area (Å²) in [6.07, 6.45) is 0.973. The average Bonchev–Trinajstić information content (AvgIpc) is 2.35. The highest BCUT2D eigenvalue weighted by Crippen LogP contribution is 2.19. The van der Waals surface area contributed by atoms with Gasteiger partial charge in [-0.2, -0.15) is 0 Å². The van der Waals surface area contributed by atoms with Crippen LogP contribution in [0, 0.1) is 5.41 Å². The second kappa shape index (κ2) is 7.29. The number of benzene rings is 1. The highest BCUT2D eigenvalue weighted by molar-refractivity contribution is 5.94. The maximum absolute atomic E-state index is 12.1. The van der Waals surface area contributed by atoms with Gasteiger partial charge in [0.1, 0.15) is 5.75 Å². The lowest BCUT2D eigenvalue weighted by molar-refractivity contribution is 0.0934. The van der Waals surface area contributed by atoms with Crippen molar-refractivity contribution >= 4 is 5.91 Å². The van der Waals surface area contributed by atoms with Gasteiger partial charge in [0.15, 0.2) is 0 Å². The van der Waals surface area contributed by atoms with E-state index >= 15 is 0 Å². The van der Waals surface area contributed by atoms with Crippen LogP contribution in [0.2, 0.25) is 0 Å². The largest absolute Gasteiger partial charge is 0.491 e. The fraction of sp³-hybridized carbons (Fsp3) is 0.562. The molecule has 0 fully saturated rings. The third kappa shape index (κ3) is 5.61. The Morgan fingerprint density at radius 2 is 2.10 bits per heavy atom. The molecule has 4 heteroatoms. The highest BCUT2D eigenvalue weighted by Gasteiger charge is 2.18. The normalized spacial score (nSPS) is 11.5. The van der Waals surface area contributed by atoms with Gasteiger partial charge in [-0.3, -0.25) is 4.79 Å². The van der Waals surface area contributed by atoms with Crippen LogP contribution < -0.4 is 15.8 Å². The van der Waals surface area contributed by atoms with E-state index in [0.29, 0.717) is 24.4 Å². The van der Waals surface area contributed by atoms with Crippen molar-refractivity contribution in [2.24, 2.45) is 11.1 Å². The summed E-state index contributed by atoms with van der Waals surface area (Å²) in [4.78, 5) is 12.1. The van der Waals surface area contributed by atoms with E-state index in [0.717, 1.165) is 6.42 Å². The first-order valence-electron chi connectivity index (χ1n) is 7.09. The van der Waals surface area contributed by atoms with Gasteiger partial charge in [-0.15, -0.1) is 0 Å². The van der Waals surface area contributed by atoms with E-state index in [2.05, 4.69) is 19.2 Å². The summed E-state index contributed by atoms with van der Waals surface area (Å²) in [5.74, 6) is 0.637. The topological polar surface area (TPSA) is 64.3 Å². The number of hydrogen-bond acceptors (Lipinski definition) is 3. The minimum atomic E-state index is -0.0793. The van der Waals surface area contributed by atoms with E-state index in [1.54, 1.807) is 12.1 Å². The van der Waals surface area contributed by atoms with Crippen molar-refractivity contribution in [3.05, 3.63) is 29.8 Å². The number of amides is 1. The first kappa shape index (κ1) is 16.5. The first-order valence-corrected chi connectivity index (χ1v) is 7.09. The molecule has 3 N–H and O–H groups in total. The van der Waals surface area contributed by atoms with Crippen LogP contribution in [-0.2, 0) is 0 Å². The molecule has 0 heterocycles. The molecule has 112 valence electrons. The van der Waals surface area contributed by atoms with Crippen molar-refractivity contribution in [2.45, 2.75) is 40.2 Å². The van der Waals surface area contributed by atoms with Crippen LogP contribution in [0.25, 0.3) is 0 Å². The zero-order valence-electron chi connectivity index (χ0n) is 12.9. The summed E-state index contributed by atoms with van der Waals surface area (Å²) in [6, 6.07) is 7.25. The molecule has 1 aromatic carbocycles. The summed E-state index contributed by atoms with van der Waals surface area (Å²) in [5.41, 5.74) is 6.20. The highest BCUT2D eigenvalue weighted by atomic mass is 16.5. The van der Waals surface area contributed by atoms with Crippen LogP contribution in [0.1, 0.15) is 44.5 Å². The van der Waals surface area contributed by atoms with Crippen LogP contribution >= 0.6 is 0 Å². The van der Waals surface area contributed by atoms with E-state index in [1.807, 2.05) is 26.0 Å². The van der Waals surface area contributed by atoms with E-state index in [1.165, 1.54) is 0 Å². The van der Waals surface area contributed by atoms with Gasteiger partial charge in [0.25, 0.3) is 5.91 Å².